The van der Waals surface area contributed by atoms with E-state index in [1.807, 2.05) is 0 Å². The summed E-state index contributed by atoms with van der Waals surface area (Å²) >= 11 is 4.69. The van der Waals surface area contributed by atoms with Crippen molar-refractivity contribution in [3.8, 4) is 0 Å². The van der Waals surface area contributed by atoms with Gasteiger partial charge in [-0.2, -0.15) is 0 Å². The Morgan fingerprint density at radius 2 is 2.14 bits per heavy atom. The number of thioether (sulfide) groups is 1. The van der Waals surface area contributed by atoms with Gasteiger partial charge < -0.3 is 5.73 Å². The van der Waals surface area contributed by atoms with Gasteiger partial charge in [-0.15, -0.1) is 11.8 Å². The first kappa shape index (κ1) is 11.9. The summed E-state index contributed by atoms with van der Waals surface area (Å²) in [6.07, 6.45) is 0. The zero-order chi connectivity index (χ0) is 10.7. The van der Waals surface area contributed by atoms with Crippen LogP contribution in [0.25, 0.3) is 0 Å². The van der Waals surface area contributed by atoms with Crippen molar-refractivity contribution in [2.24, 2.45) is 5.92 Å². The van der Waals surface area contributed by atoms with Gasteiger partial charge in [0.1, 0.15) is 5.82 Å². The van der Waals surface area contributed by atoms with Crippen LogP contribution in [-0.2, 0) is 0 Å². The molecule has 4 heteroatoms. The second-order valence-corrected chi connectivity index (χ2v) is 5.43. The molecule has 0 aromatic heterocycles. The molecule has 0 amide bonds. The molecule has 78 valence electrons. The van der Waals surface area contributed by atoms with Gasteiger partial charge in [0, 0.05) is 16.3 Å². The molecule has 1 aromatic rings. The average Bonchev–Trinajstić information content (AvgIpc) is 2.09. The molecular weight excluding hydrogens is 265 g/mol. The van der Waals surface area contributed by atoms with Gasteiger partial charge in [-0.1, -0.05) is 13.8 Å². The van der Waals surface area contributed by atoms with E-state index in [4.69, 9.17) is 5.73 Å². The van der Waals surface area contributed by atoms with Gasteiger partial charge in [-0.05, 0) is 34.0 Å². The molecule has 0 radical (unpaired) electrons. The fraction of sp³-hybridized carbons (Fsp3) is 0.400. The molecule has 1 aromatic carbocycles. The van der Waals surface area contributed by atoms with Crippen LogP contribution in [0.1, 0.15) is 13.8 Å². The van der Waals surface area contributed by atoms with Gasteiger partial charge in [-0.3, -0.25) is 0 Å². The Hall–Kier alpha value is -0.220. The van der Waals surface area contributed by atoms with Crippen LogP contribution in [0.3, 0.4) is 0 Å². The smallest absolute Gasteiger partial charge is 0.138 e. The zero-order valence-corrected chi connectivity index (χ0v) is 10.6. The molecule has 0 unspecified atom stereocenters. The van der Waals surface area contributed by atoms with Gasteiger partial charge >= 0.3 is 0 Å². The number of hydrogen-bond donors (Lipinski definition) is 1. The fourth-order valence-electron chi connectivity index (χ4n) is 0.925. The minimum absolute atomic E-state index is 0.259. The lowest BCUT2D eigenvalue weighted by Gasteiger charge is -2.08. The summed E-state index contributed by atoms with van der Waals surface area (Å²) < 4.78 is 13.6. The Morgan fingerprint density at radius 3 is 2.71 bits per heavy atom. The quantitative estimate of drug-likeness (QED) is 0.670. The Kier molecular flexibility index (Phi) is 4.26. The van der Waals surface area contributed by atoms with Crippen LogP contribution < -0.4 is 5.73 Å². The molecule has 14 heavy (non-hydrogen) atoms. The first-order chi connectivity index (χ1) is 6.50. The number of nitrogen functional groups attached to an aromatic ring is 1. The third kappa shape index (κ3) is 3.17. The minimum atomic E-state index is -0.259. The van der Waals surface area contributed by atoms with Crippen molar-refractivity contribution in [3.63, 3.8) is 0 Å². The van der Waals surface area contributed by atoms with E-state index >= 15 is 0 Å². The van der Waals surface area contributed by atoms with E-state index in [9.17, 15) is 4.39 Å². The number of halogens is 2. The lowest BCUT2D eigenvalue weighted by molar-refractivity contribution is 0.618. The van der Waals surface area contributed by atoms with Gasteiger partial charge in [-0.25, -0.2) is 4.39 Å². The van der Waals surface area contributed by atoms with E-state index < -0.39 is 0 Å². The highest BCUT2D eigenvalue weighted by Crippen LogP contribution is 2.31. The van der Waals surface area contributed by atoms with Gasteiger partial charge in [0.25, 0.3) is 0 Å². The molecule has 0 atom stereocenters. The van der Waals surface area contributed by atoms with Crippen LogP contribution in [0.2, 0.25) is 0 Å². The fourth-order valence-corrected chi connectivity index (χ4v) is 2.21. The average molecular weight is 278 g/mol. The maximum atomic E-state index is 13.2. The molecule has 0 aliphatic rings. The lowest BCUT2D eigenvalue weighted by atomic mass is 10.3. The first-order valence-corrected chi connectivity index (χ1v) is 6.16. The predicted molar refractivity (Wildman–Crippen MR) is 64.1 cm³/mol. The molecule has 2 N–H and O–H groups in total. The Balaban J connectivity index is 2.82. The van der Waals surface area contributed by atoms with E-state index in [1.54, 1.807) is 17.8 Å². The van der Waals surface area contributed by atoms with E-state index in [2.05, 4.69) is 29.8 Å². The number of benzene rings is 1. The van der Waals surface area contributed by atoms with Crippen LogP contribution in [0.15, 0.2) is 21.5 Å². The van der Waals surface area contributed by atoms with Crippen molar-refractivity contribution in [3.05, 3.63) is 22.4 Å². The monoisotopic (exact) mass is 277 g/mol. The topological polar surface area (TPSA) is 26.0 Å². The number of rotatable bonds is 3. The summed E-state index contributed by atoms with van der Waals surface area (Å²) in [4.78, 5) is 0.819. The van der Waals surface area contributed by atoms with Crippen molar-refractivity contribution >= 4 is 33.4 Å². The maximum absolute atomic E-state index is 13.2. The Labute approximate surface area is 96.4 Å². The Bertz CT molecular complexity index is 328. The molecule has 1 nitrogen and oxygen atoms in total. The van der Waals surface area contributed by atoms with E-state index in [0.717, 1.165) is 10.6 Å². The summed E-state index contributed by atoms with van der Waals surface area (Å²) in [6, 6.07) is 3.09. The van der Waals surface area contributed by atoms with Gasteiger partial charge in [0.15, 0.2) is 0 Å². The van der Waals surface area contributed by atoms with Crippen LogP contribution in [0.4, 0.5) is 10.1 Å². The molecule has 1 rings (SSSR count). The molecule has 0 aliphatic heterocycles. The van der Waals surface area contributed by atoms with E-state index in [1.165, 1.54) is 6.07 Å². The van der Waals surface area contributed by atoms with Crippen molar-refractivity contribution in [1.82, 2.24) is 0 Å². The summed E-state index contributed by atoms with van der Waals surface area (Å²) in [5.41, 5.74) is 6.39. The third-order valence-corrected chi connectivity index (χ3v) is 3.73. The summed E-state index contributed by atoms with van der Waals surface area (Å²) in [5, 5.41) is 0. The highest BCUT2D eigenvalue weighted by molar-refractivity contribution is 9.10. The Morgan fingerprint density at radius 1 is 1.50 bits per heavy atom. The summed E-state index contributed by atoms with van der Waals surface area (Å²) in [6.45, 7) is 4.25. The minimum Gasteiger partial charge on any atom is -0.398 e. The number of hydrogen-bond acceptors (Lipinski definition) is 2. The van der Waals surface area contributed by atoms with Gasteiger partial charge in [0.2, 0.25) is 0 Å². The van der Waals surface area contributed by atoms with Crippen LogP contribution >= 0.6 is 27.7 Å². The molecule has 0 bridgehead atoms. The first-order valence-electron chi connectivity index (χ1n) is 4.38. The molecule has 0 heterocycles. The highest BCUT2D eigenvalue weighted by atomic mass is 79.9. The summed E-state index contributed by atoms with van der Waals surface area (Å²) in [7, 11) is 0. The van der Waals surface area contributed by atoms with Crippen LogP contribution in [-0.4, -0.2) is 5.75 Å². The molecule has 0 aliphatic carbocycles. The lowest BCUT2D eigenvalue weighted by Crippen LogP contribution is -1.95. The SMILES string of the molecule is CC(C)CSc1cc(F)c(Br)cc1N. The molecule has 0 spiro atoms. The van der Waals surface area contributed by atoms with Crippen LogP contribution in [0.5, 0.6) is 0 Å². The predicted octanol–water partition coefficient (Wildman–Crippen LogP) is 3.92. The molecular formula is C10H13BrFNS. The normalized spacial score (nSPS) is 10.9. The highest BCUT2D eigenvalue weighted by Gasteiger charge is 2.07. The van der Waals surface area contributed by atoms with Crippen molar-refractivity contribution < 1.29 is 4.39 Å². The van der Waals surface area contributed by atoms with Crippen molar-refractivity contribution in [1.29, 1.82) is 0 Å². The van der Waals surface area contributed by atoms with E-state index in [-0.39, 0.29) is 5.82 Å². The third-order valence-electron chi connectivity index (χ3n) is 1.62. The second kappa shape index (κ2) is 5.03. The van der Waals surface area contributed by atoms with Crippen LogP contribution in [0, 0.1) is 11.7 Å². The maximum Gasteiger partial charge on any atom is 0.138 e. The second-order valence-electron chi connectivity index (χ2n) is 3.51. The largest absolute Gasteiger partial charge is 0.398 e. The van der Waals surface area contributed by atoms with Gasteiger partial charge in [0.05, 0.1) is 4.47 Å². The standard InChI is InChI=1S/C10H13BrFNS/c1-6(2)5-14-10-4-8(12)7(11)3-9(10)13/h3-4,6H,5,13H2,1-2H3. The van der Waals surface area contributed by atoms with Crippen molar-refractivity contribution in [2.45, 2.75) is 18.7 Å². The molecule has 0 saturated carbocycles. The molecule has 0 saturated heterocycles. The zero-order valence-electron chi connectivity index (χ0n) is 8.18. The summed E-state index contributed by atoms with van der Waals surface area (Å²) in [5.74, 6) is 1.27. The van der Waals surface area contributed by atoms with E-state index in [0.29, 0.717) is 16.1 Å². The number of nitrogens with two attached hydrogens (primary N) is 1. The molecule has 0 fully saturated rings. The number of anilines is 1. The van der Waals surface area contributed by atoms with Crippen molar-refractivity contribution in [2.75, 3.05) is 11.5 Å².